The summed E-state index contributed by atoms with van der Waals surface area (Å²) in [5, 5.41) is 0. The largest absolute Gasteiger partial charge is 0.493 e. The smallest absolute Gasteiger partial charge is 0.123 e. The topological polar surface area (TPSA) is 27.1 Å². The number of ether oxygens (including phenoxy) is 1. The van der Waals surface area contributed by atoms with E-state index in [2.05, 4.69) is 67.8 Å². The van der Waals surface area contributed by atoms with Crippen molar-refractivity contribution >= 4 is 11.0 Å². The molecule has 1 aliphatic rings. The molecule has 154 valence electrons. The molecule has 2 aromatic carbocycles. The number of nitrogens with zero attached hydrogens (tertiary/aromatic N) is 2. The summed E-state index contributed by atoms with van der Waals surface area (Å²) in [6.07, 6.45) is 7.59. The quantitative estimate of drug-likeness (QED) is 0.407. The van der Waals surface area contributed by atoms with Gasteiger partial charge in [-0.15, -0.1) is 0 Å². The summed E-state index contributed by atoms with van der Waals surface area (Å²) in [6.45, 7) is 8.29. The Balaban J connectivity index is 1.48. The Kier molecular flexibility index (Phi) is 6.22. The predicted octanol–water partition coefficient (Wildman–Crippen LogP) is 6.98. The van der Waals surface area contributed by atoms with Gasteiger partial charge in [-0.25, -0.2) is 4.98 Å². The minimum atomic E-state index is 0.473. The first-order valence-electron chi connectivity index (χ1n) is 11.3. The van der Waals surface area contributed by atoms with Gasteiger partial charge in [-0.3, -0.25) is 0 Å². The van der Waals surface area contributed by atoms with Gasteiger partial charge in [0, 0.05) is 12.5 Å². The van der Waals surface area contributed by atoms with E-state index in [1.807, 2.05) is 0 Å². The van der Waals surface area contributed by atoms with Gasteiger partial charge in [0.15, 0.2) is 0 Å². The molecule has 0 N–H and O–H groups in total. The van der Waals surface area contributed by atoms with Crippen LogP contribution >= 0.6 is 0 Å². The van der Waals surface area contributed by atoms with E-state index in [1.54, 1.807) is 0 Å². The Morgan fingerprint density at radius 1 is 1.07 bits per heavy atom. The average Bonchev–Trinajstić information content (AvgIpc) is 3.10. The summed E-state index contributed by atoms with van der Waals surface area (Å²) in [5.41, 5.74) is 4.96. The van der Waals surface area contributed by atoms with Gasteiger partial charge in [0.25, 0.3) is 0 Å². The molecule has 1 aliphatic carbocycles. The third-order valence-electron chi connectivity index (χ3n) is 6.23. The van der Waals surface area contributed by atoms with Gasteiger partial charge in [-0.2, -0.15) is 0 Å². The van der Waals surface area contributed by atoms with Crippen molar-refractivity contribution in [2.45, 2.75) is 77.7 Å². The number of imidazole rings is 1. The molecular weight excluding hydrogens is 356 g/mol. The van der Waals surface area contributed by atoms with E-state index in [-0.39, 0.29) is 0 Å². The van der Waals surface area contributed by atoms with E-state index in [1.165, 1.54) is 54.6 Å². The molecule has 4 rings (SSSR count). The molecule has 0 bridgehead atoms. The summed E-state index contributed by atoms with van der Waals surface area (Å²) < 4.78 is 8.71. The normalized spacial score (nSPS) is 15.3. The standard InChI is InChI=1S/C26H34N2O/c1-19(2)22-15-14-20(3)18-25(22)29-17-9-16-28-24-13-8-7-12-23(24)27-26(28)21-10-5-4-6-11-21/h7-8,12-15,18-19,21H,4-6,9-11,16-17H2,1-3H3. The number of hydrogen-bond donors (Lipinski definition) is 0. The fraction of sp³-hybridized carbons (Fsp3) is 0.500. The highest BCUT2D eigenvalue weighted by Crippen LogP contribution is 2.34. The maximum absolute atomic E-state index is 6.24. The first-order valence-corrected chi connectivity index (χ1v) is 11.3. The van der Waals surface area contributed by atoms with Crippen LogP contribution in [0.25, 0.3) is 11.0 Å². The Bertz CT molecular complexity index is 950. The Morgan fingerprint density at radius 2 is 1.86 bits per heavy atom. The van der Waals surface area contributed by atoms with Crippen molar-refractivity contribution in [3.63, 3.8) is 0 Å². The van der Waals surface area contributed by atoms with Crippen molar-refractivity contribution < 1.29 is 4.74 Å². The van der Waals surface area contributed by atoms with Gasteiger partial charge in [0.2, 0.25) is 0 Å². The van der Waals surface area contributed by atoms with E-state index in [0.29, 0.717) is 11.8 Å². The van der Waals surface area contributed by atoms with Gasteiger partial charge in [-0.05, 0) is 61.4 Å². The Labute approximate surface area is 175 Å². The van der Waals surface area contributed by atoms with Gasteiger partial charge >= 0.3 is 0 Å². The summed E-state index contributed by atoms with van der Waals surface area (Å²) in [6, 6.07) is 15.1. The van der Waals surface area contributed by atoms with Gasteiger partial charge in [0.1, 0.15) is 11.6 Å². The number of benzene rings is 2. The highest BCUT2D eigenvalue weighted by Gasteiger charge is 2.22. The molecule has 3 heteroatoms. The molecule has 0 spiro atoms. The van der Waals surface area contributed by atoms with Crippen LogP contribution in [-0.2, 0) is 6.54 Å². The molecule has 0 amide bonds. The first kappa shape index (κ1) is 20.0. The molecular formula is C26H34N2O. The SMILES string of the molecule is Cc1ccc(C(C)C)c(OCCCn2c(C3CCCCC3)nc3ccccc32)c1. The van der Waals surface area contributed by atoms with Crippen LogP contribution in [0.15, 0.2) is 42.5 Å². The zero-order valence-corrected chi connectivity index (χ0v) is 18.2. The number of para-hydroxylation sites is 2. The summed E-state index contributed by atoms with van der Waals surface area (Å²) in [7, 11) is 0. The number of fused-ring (bicyclic) bond motifs is 1. The highest BCUT2D eigenvalue weighted by molar-refractivity contribution is 5.76. The second-order valence-electron chi connectivity index (χ2n) is 8.84. The zero-order chi connectivity index (χ0) is 20.2. The molecule has 0 unspecified atom stereocenters. The lowest BCUT2D eigenvalue weighted by Crippen LogP contribution is -2.14. The lowest BCUT2D eigenvalue weighted by atomic mass is 9.88. The number of rotatable bonds is 7. The summed E-state index contributed by atoms with van der Waals surface area (Å²) >= 11 is 0. The summed E-state index contributed by atoms with van der Waals surface area (Å²) in [4.78, 5) is 5.04. The van der Waals surface area contributed by atoms with Crippen molar-refractivity contribution in [1.82, 2.24) is 9.55 Å². The van der Waals surface area contributed by atoms with Crippen LogP contribution in [0.5, 0.6) is 5.75 Å². The van der Waals surface area contributed by atoms with E-state index in [4.69, 9.17) is 9.72 Å². The van der Waals surface area contributed by atoms with E-state index >= 15 is 0 Å². The second kappa shape index (κ2) is 9.02. The fourth-order valence-electron chi connectivity index (χ4n) is 4.65. The van der Waals surface area contributed by atoms with E-state index in [0.717, 1.165) is 30.8 Å². The monoisotopic (exact) mass is 390 g/mol. The van der Waals surface area contributed by atoms with Gasteiger partial charge in [-0.1, -0.05) is 57.4 Å². The molecule has 0 atom stereocenters. The van der Waals surface area contributed by atoms with Crippen LogP contribution in [0.3, 0.4) is 0 Å². The van der Waals surface area contributed by atoms with Gasteiger partial charge in [0.05, 0.1) is 17.6 Å². The molecule has 0 aliphatic heterocycles. The van der Waals surface area contributed by atoms with Crippen molar-refractivity contribution in [2.24, 2.45) is 0 Å². The first-order chi connectivity index (χ1) is 14.1. The highest BCUT2D eigenvalue weighted by atomic mass is 16.5. The molecule has 1 fully saturated rings. The molecule has 1 aromatic heterocycles. The molecule has 3 nitrogen and oxygen atoms in total. The number of aryl methyl sites for hydroxylation is 2. The third-order valence-corrected chi connectivity index (χ3v) is 6.23. The van der Waals surface area contributed by atoms with Crippen molar-refractivity contribution in [2.75, 3.05) is 6.61 Å². The minimum Gasteiger partial charge on any atom is -0.493 e. The third kappa shape index (κ3) is 4.49. The Hall–Kier alpha value is -2.29. The van der Waals surface area contributed by atoms with E-state index < -0.39 is 0 Å². The fourth-order valence-corrected chi connectivity index (χ4v) is 4.65. The second-order valence-corrected chi connectivity index (χ2v) is 8.84. The van der Waals surface area contributed by atoms with Gasteiger partial charge < -0.3 is 9.30 Å². The number of hydrogen-bond acceptors (Lipinski definition) is 2. The van der Waals surface area contributed by atoms with Crippen LogP contribution in [-0.4, -0.2) is 16.2 Å². The van der Waals surface area contributed by atoms with Crippen LogP contribution in [0.4, 0.5) is 0 Å². The lowest BCUT2D eigenvalue weighted by Gasteiger charge is -2.22. The molecule has 3 aromatic rings. The molecule has 0 radical (unpaired) electrons. The zero-order valence-electron chi connectivity index (χ0n) is 18.2. The van der Waals surface area contributed by atoms with Crippen LogP contribution in [0.2, 0.25) is 0 Å². The maximum atomic E-state index is 6.24. The minimum absolute atomic E-state index is 0.473. The summed E-state index contributed by atoms with van der Waals surface area (Å²) in [5.74, 6) is 3.43. The Morgan fingerprint density at radius 3 is 2.66 bits per heavy atom. The maximum Gasteiger partial charge on any atom is 0.123 e. The molecule has 1 heterocycles. The van der Waals surface area contributed by atoms with E-state index in [9.17, 15) is 0 Å². The van der Waals surface area contributed by atoms with Crippen molar-refractivity contribution in [3.05, 3.63) is 59.4 Å². The number of aromatic nitrogens is 2. The average molecular weight is 391 g/mol. The van der Waals surface area contributed by atoms with Crippen molar-refractivity contribution in [3.8, 4) is 5.75 Å². The molecule has 1 saturated carbocycles. The van der Waals surface area contributed by atoms with Crippen LogP contribution in [0, 0.1) is 6.92 Å². The molecule has 0 saturated heterocycles. The van der Waals surface area contributed by atoms with Crippen LogP contribution < -0.4 is 4.74 Å². The predicted molar refractivity (Wildman–Crippen MR) is 121 cm³/mol. The van der Waals surface area contributed by atoms with Crippen molar-refractivity contribution in [1.29, 1.82) is 0 Å². The molecule has 29 heavy (non-hydrogen) atoms. The van der Waals surface area contributed by atoms with Crippen LogP contribution in [0.1, 0.15) is 81.2 Å². The lowest BCUT2D eigenvalue weighted by molar-refractivity contribution is 0.296.